The Morgan fingerprint density at radius 2 is 0.721 bits per heavy atom. The number of nitrogens with zero attached hydrogens (tertiary/aromatic N) is 6. The Morgan fingerprint density at radius 1 is 0.465 bits per heavy atom. The molecule has 0 fully saturated rings. The van der Waals surface area contributed by atoms with Crippen molar-refractivity contribution in [3.8, 4) is 33.8 Å². The maximum absolute atomic E-state index is 4.38. The molecule has 6 aromatic rings. The minimum Gasteiger partial charge on any atom is -0.347 e. The predicted octanol–water partition coefficient (Wildman–Crippen LogP) is 7.51. The van der Waals surface area contributed by atoms with Crippen LogP contribution in [0.4, 0.5) is 0 Å². The van der Waals surface area contributed by atoms with Crippen molar-refractivity contribution in [1.29, 1.82) is 0 Å². The molecule has 0 spiro atoms. The minimum absolute atomic E-state index is 0. The topological polar surface area (TPSA) is 53.5 Å². The number of aryl methyl sites for hydroxylation is 6. The van der Waals surface area contributed by atoms with Gasteiger partial charge < -0.3 is 13.7 Å². The molecular weight excluding hydrogens is 709 g/mol. The van der Waals surface area contributed by atoms with Crippen molar-refractivity contribution in [3.63, 3.8) is 0 Å². The average molecular weight is 748 g/mol. The van der Waals surface area contributed by atoms with Crippen molar-refractivity contribution < 1.29 is 20.1 Å². The van der Waals surface area contributed by atoms with Crippen molar-refractivity contribution in [2.75, 3.05) is 0 Å². The van der Waals surface area contributed by atoms with E-state index in [-0.39, 0.29) is 20.1 Å². The van der Waals surface area contributed by atoms with Crippen LogP contribution < -0.4 is 0 Å². The third-order valence-electron chi connectivity index (χ3n) is 7.60. The van der Waals surface area contributed by atoms with Crippen LogP contribution in [0.3, 0.4) is 0 Å². The molecule has 222 valence electrons. The summed E-state index contributed by atoms with van der Waals surface area (Å²) in [6.45, 7) is 12.5. The molecule has 3 heterocycles. The summed E-state index contributed by atoms with van der Waals surface area (Å²) in [6, 6.07) is 27.7. The Balaban J connectivity index is 0.000000175. The zero-order valence-corrected chi connectivity index (χ0v) is 28.8. The summed E-state index contributed by atoms with van der Waals surface area (Å²) in [5.74, 6) is 0. The van der Waals surface area contributed by atoms with Gasteiger partial charge in [0.05, 0.1) is 19.0 Å². The molecule has 0 amide bonds. The van der Waals surface area contributed by atoms with Gasteiger partial charge in [0.15, 0.2) is 0 Å². The van der Waals surface area contributed by atoms with Crippen LogP contribution in [0.5, 0.6) is 0 Å². The van der Waals surface area contributed by atoms with Crippen LogP contribution in [0.1, 0.15) is 33.8 Å². The molecule has 43 heavy (non-hydrogen) atoms. The largest absolute Gasteiger partial charge is 3.00 e. The van der Waals surface area contributed by atoms with Gasteiger partial charge in [-0.05, 0) is 37.9 Å². The molecule has 0 aliphatic heterocycles. The second-order valence-corrected chi connectivity index (χ2v) is 10.6. The molecule has 0 radical (unpaired) electrons. The van der Waals surface area contributed by atoms with E-state index < -0.39 is 0 Å². The second-order valence-electron chi connectivity index (χ2n) is 10.6. The number of hydrogen-bond donors (Lipinski definition) is 0. The standard InChI is InChI=1S/3C12H13N2.Ir/c3*1-9-6-4-5-7-11(9)12-10(2)14(3)8-13-12;/h3*4-6,8H,1-3H3;/q3*-1;+3. The van der Waals surface area contributed by atoms with E-state index in [2.05, 4.69) is 92.9 Å². The van der Waals surface area contributed by atoms with Crippen molar-refractivity contribution >= 4 is 0 Å². The SMILES string of the molecule is Cc1ccc[c-]c1-c1ncn(C)c1C.Cc1ccc[c-]c1-c1ncn(C)c1C.Cc1ccc[c-]c1-c1ncn(C)c1C.[Ir+3]. The van der Waals surface area contributed by atoms with Crippen molar-refractivity contribution in [1.82, 2.24) is 28.7 Å². The Kier molecular flexibility index (Phi) is 11.6. The van der Waals surface area contributed by atoms with Gasteiger partial charge in [0, 0.05) is 38.2 Å². The van der Waals surface area contributed by atoms with Crippen LogP contribution in [0.25, 0.3) is 33.8 Å². The van der Waals surface area contributed by atoms with E-state index in [9.17, 15) is 0 Å². The summed E-state index contributed by atoms with van der Waals surface area (Å²) in [7, 11) is 6.01. The molecule has 7 heteroatoms. The molecular formula is C36H39IrN6. The minimum atomic E-state index is 0. The van der Waals surface area contributed by atoms with Gasteiger partial charge in [-0.15, -0.1) is 106 Å². The van der Waals surface area contributed by atoms with Crippen molar-refractivity contribution in [2.24, 2.45) is 21.1 Å². The Bertz CT molecular complexity index is 1580. The quantitative estimate of drug-likeness (QED) is 0.176. The van der Waals surface area contributed by atoms with Crippen LogP contribution in [-0.4, -0.2) is 28.7 Å². The zero-order chi connectivity index (χ0) is 30.4. The first kappa shape index (κ1) is 33.4. The fourth-order valence-corrected chi connectivity index (χ4v) is 4.54. The zero-order valence-electron chi connectivity index (χ0n) is 26.4. The van der Waals surface area contributed by atoms with E-state index in [4.69, 9.17) is 0 Å². The summed E-state index contributed by atoms with van der Waals surface area (Å²) in [5.41, 5.74) is 13.6. The van der Waals surface area contributed by atoms with Crippen LogP contribution >= 0.6 is 0 Å². The molecule has 0 saturated heterocycles. The molecule has 0 aliphatic carbocycles. The first-order valence-corrected chi connectivity index (χ1v) is 14.0. The Hall–Kier alpha value is -4.06. The normalized spacial score (nSPS) is 10.3. The number of rotatable bonds is 3. The number of benzene rings is 3. The average Bonchev–Trinajstić information content (AvgIpc) is 3.62. The van der Waals surface area contributed by atoms with E-state index in [1.807, 2.05) is 90.2 Å². The van der Waals surface area contributed by atoms with Gasteiger partial charge in [-0.2, -0.15) is 0 Å². The molecule has 0 saturated carbocycles. The van der Waals surface area contributed by atoms with Gasteiger partial charge in [0.2, 0.25) is 0 Å². The predicted molar refractivity (Wildman–Crippen MR) is 171 cm³/mol. The fourth-order valence-electron chi connectivity index (χ4n) is 4.54. The summed E-state index contributed by atoms with van der Waals surface area (Å²) in [6.07, 6.45) is 5.51. The van der Waals surface area contributed by atoms with Crippen LogP contribution in [0.2, 0.25) is 0 Å². The number of imidazole rings is 3. The maximum atomic E-state index is 4.38. The van der Waals surface area contributed by atoms with Gasteiger partial charge in [0.1, 0.15) is 0 Å². The molecule has 6 rings (SSSR count). The van der Waals surface area contributed by atoms with Gasteiger partial charge in [-0.3, -0.25) is 15.0 Å². The van der Waals surface area contributed by atoms with E-state index in [0.29, 0.717) is 0 Å². The summed E-state index contributed by atoms with van der Waals surface area (Å²) >= 11 is 0. The molecule has 6 nitrogen and oxygen atoms in total. The number of hydrogen-bond acceptors (Lipinski definition) is 3. The maximum Gasteiger partial charge on any atom is 3.00 e. The molecule has 0 bridgehead atoms. The van der Waals surface area contributed by atoms with Crippen molar-refractivity contribution in [3.05, 3.63) is 126 Å². The van der Waals surface area contributed by atoms with Gasteiger partial charge in [-0.25, -0.2) is 0 Å². The monoisotopic (exact) mass is 748 g/mol. The van der Waals surface area contributed by atoms with E-state index in [1.54, 1.807) is 0 Å². The van der Waals surface area contributed by atoms with E-state index in [1.165, 1.54) is 33.8 Å². The van der Waals surface area contributed by atoms with Crippen molar-refractivity contribution in [2.45, 2.75) is 41.5 Å². The Labute approximate surface area is 269 Å². The summed E-state index contributed by atoms with van der Waals surface area (Å²) < 4.78 is 6.07. The van der Waals surface area contributed by atoms with Gasteiger partial charge in [-0.1, -0.05) is 20.8 Å². The third-order valence-corrected chi connectivity index (χ3v) is 7.60. The van der Waals surface area contributed by atoms with Crippen LogP contribution in [0, 0.1) is 59.7 Å². The second kappa shape index (κ2) is 14.9. The molecule has 0 N–H and O–H groups in total. The number of aromatic nitrogens is 6. The van der Waals surface area contributed by atoms with Gasteiger partial charge >= 0.3 is 20.1 Å². The Morgan fingerprint density at radius 3 is 0.907 bits per heavy atom. The van der Waals surface area contributed by atoms with E-state index >= 15 is 0 Å². The first-order chi connectivity index (χ1) is 20.1. The first-order valence-electron chi connectivity index (χ1n) is 14.0. The molecule has 3 aromatic heterocycles. The smallest absolute Gasteiger partial charge is 0.347 e. The molecule has 0 atom stereocenters. The molecule has 0 unspecified atom stereocenters. The summed E-state index contributed by atoms with van der Waals surface area (Å²) in [5, 5.41) is 0. The van der Waals surface area contributed by atoms with Crippen LogP contribution in [-0.2, 0) is 41.2 Å². The fraction of sp³-hybridized carbons (Fsp3) is 0.250. The van der Waals surface area contributed by atoms with Gasteiger partial charge in [0.25, 0.3) is 0 Å². The third kappa shape index (κ3) is 7.67. The molecule has 3 aromatic carbocycles. The van der Waals surface area contributed by atoms with Crippen LogP contribution in [0.15, 0.2) is 73.6 Å². The summed E-state index contributed by atoms with van der Waals surface area (Å²) in [4.78, 5) is 13.1. The molecule has 0 aliphatic rings. The van der Waals surface area contributed by atoms with E-state index in [0.717, 1.165) is 33.8 Å².